The van der Waals surface area contributed by atoms with E-state index >= 15 is 0 Å². The second-order valence-electron chi connectivity index (χ2n) is 7.95. The summed E-state index contributed by atoms with van der Waals surface area (Å²) in [6.07, 6.45) is 0.691. The van der Waals surface area contributed by atoms with Crippen molar-refractivity contribution < 1.29 is 27.5 Å². The maximum absolute atomic E-state index is 12.9. The Bertz CT molecular complexity index is 1260. The summed E-state index contributed by atoms with van der Waals surface area (Å²) < 4.78 is 37.4. The molecule has 1 saturated heterocycles. The highest BCUT2D eigenvalue weighted by molar-refractivity contribution is 7.89. The maximum atomic E-state index is 12.9. The van der Waals surface area contributed by atoms with Crippen molar-refractivity contribution in [1.82, 2.24) is 4.31 Å². The number of fused-ring (bicyclic) bond motifs is 1. The van der Waals surface area contributed by atoms with Gasteiger partial charge >= 0.3 is 5.97 Å². The Balaban J connectivity index is 1.31. The van der Waals surface area contributed by atoms with E-state index in [9.17, 15) is 18.0 Å². The van der Waals surface area contributed by atoms with Gasteiger partial charge < -0.3 is 9.47 Å². The van der Waals surface area contributed by atoms with Crippen LogP contribution in [0.4, 0.5) is 0 Å². The van der Waals surface area contributed by atoms with Gasteiger partial charge in [0.15, 0.2) is 12.4 Å². The first-order valence-electron chi connectivity index (χ1n) is 10.7. The molecule has 172 valence electrons. The van der Waals surface area contributed by atoms with Crippen LogP contribution in [0.2, 0.25) is 0 Å². The SMILES string of the molecule is COc1ccc(S(=O)(=O)N2CCC(C(=O)OCC(=O)c3ccc4ccccc4c3)CC2)cc1. The normalized spacial score (nSPS) is 15.3. The van der Waals surface area contributed by atoms with Gasteiger partial charge in [-0.1, -0.05) is 36.4 Å². The average Bonchev–Trinajstić information content (AvgIpc) is 2.86. The highest BCUT2D eigenvalue weighted by Crippen LogP contribution is 2.26. The van der Waals surface area contributed by atoms with Gasteiger partial charge in [-0.2, -0.15) is 4.31 Å². The first kappa shape index (κ1) is 22.9. The minimum absolute atomic E-state index is 0.185. The molecule has 1 heterocycles. The Hall–Kier alpha value is -3.23. The van der Waals surface area contributed by atoms with E-state index in [0.717, 1.165) is 10.8 Å². The molecule has 0 atom stereocenters. The smallest absolute Gasteiger partial charge is 0.309 e. The summed E-state index contributed by atoms with van der Waals surface area (Å²) in [4.78, 5) is 25.2. The lowest BCUT2D eigenvalue weighted by atomic mass is 9.98. The number of rotatable bonds is 7. The Morgan fingerprint density at radius 2 is 1.61 bits per heavy atom. The van der Waals surface area contributed by atoms with E-state index in [0.29, 0.717) is 24.2 Å². The molecule has 0 N–H and O–H groups in total. The summed E-state index contributed by atoms with van der Waals surface area (Å²) in [7, 11) is -2.13. The Labute approximate surface area is 193 Å². The number of sulfonamides is 1. The van der Waals surface area contributed by atoms with Gasteiger partial charge in [0.2, 0.25) is 10.0 Å². The van der Waals surface area contributed by atoms with Gasteiger partial charge in [-0.05, 0) is 53.9 Å². The lowest BCUT2D eigenvalue weighted by Crippen LogP contribution is -2.40. The van der Waals surface area contributed by atoms with Crippen LogP contribution in [0.1, 0.15) is 23.2 Å². The van der Waals surface area contributed by atoms with E-state index in [1.165, 1.54) is 23.5 Å². The Morgan fingerprint density at radius 1 is 0.939 bits per heavy atom. The summed E-state index contributed by atoms with van der Waals surface area (Å²) in [5.41, 5.74) is 0.488. The monoisotopic (exact) mass is 467 g/mol. The fraction of sp³-hybridized carbons (Fsp3) is 0.280. The number of piperidine rings is 1. The molecule has 4 rings (SSSR count). The summed E-state index contributed by atoms with van der Waals surface area (Å²) in [5.74, 6) is -0.593. The molecule has 3 aromatic carbocycles. The van der Waals surface area contributed by atoms with Crippen molar-refractivity contribution in [3.63, 3.8) is 0 Å². The third-order valence-corrected chi connectivity index (χ3v) is 7.81. The van der Waals surface area contributed by atoms with E-state index in [-0.39, 0.29) is 30.4 Å². The molecule has 33 heavy (non-hydrogen) atoms. The van der Waals surface area contributed by atoms with Crippen molar-refractivity contribution in [2.75, 3.05) is 26.8 Å². The number of ketones is 1. The fourth-order valence-corrected chi connectivity index (χ4v) is 5.40. The number of carbonyl (C=O) groups excluding carboxylic acids is 2. The largest absolute Gasteiger partial charge is 0.497 e. The lowest BCUT2D eigenvalue weighted by molar-refractivity contribution is -0.148. The number of ether oxygens (including phenoxy) is 2. The van der Waals surface area contributed by atoms with Gasteiger partial charge in [0.1, 0.15) is 5.75 Å². The van der Waals surface area contributed by atoms with Crippen LogP contribution in [0.15, 0.2) is 71.6 Å². The van der Waals surface area contributed by atoms with Crippen LogP contribution in [-0.2, 0) is 19.6 Å². The van der Waals surface area contributed by atoms with Crippen molar-refractivity contribution in [2.24, 2.45) is 5.92 Å². The Kier molecular flexibility index (Phi) is 6.76. The number of hydrogen-bond acceptors (Lipinski definition) is 6. The first-order valence-corrected chi connectivity index (χ1v) is 12.2. The van der Waals surface area contributed by atoms with E-state index in [1.807, 2.05) is 30.3 Å². The molecule has 0 aliphatic carbocycles. The molecule has 0 bridgehead atoms. The zero-order chi connectivity index (χ0) is 23.4. The molecular weight excluding hydrogens is 442 g/mol. The molecule has 0 amide bonds. The number of carbonyl (C=O) groups is 2. The topological polar surface area (TPSA) is 90.0 Å². The van der Waals surface area contributed by atoms with Crippen molar-refractivity contribution >= 4 is 32.5 Å². The van der Waals surface area contributed by atoms with Crippen molar-refractivity contribution in [3.05, 3.63) is 72.3 Å². The quantitative estimate of drug-likeness (QED) is 0.389. The van der Waals surface area contributed by atoms with Crippen LogP contribution < -0.4 is 4.74 Å². The highest BCUT2D eigenvalue weighted by atomic mass is 32.2. The zero-order valence-electron chi connectivity index (χ0n) is 18.3. The predicted molar refractivity (Wildman–Crippen MR) is 124 cm³/mol. The molecule has 0 saturated carbocycles. The third kappa shape index (κ3) is 5.07. The van der Waals surface area contributed by atoms with E-state index in [2.05, 4.69) is 0 Å². The number of Topliss-reactive ketones (excluding diaryl/α,β-unsaturated/α-hetero) is 1. The van der Waals surface area contributed by atoms with Crippen LogP contribution in [0.25, 0.3) is 10.8 Å². The molecular formula is C25H25NO6S. The number of esters is 1. The molecule has 0 unspecified atom stereocenters. The van der Waals surface area contributed by atoms with Crippen LogP contribution in [-0.4, -0.2) is 51.3 Å². The molecule has 1 aliphatic rings. The predicted octanol–water partition coefficient (Wildman–Crippen LogP) is 3.68. The van der Waals surface area contributed by atoms with Crippen LogP contribution in [0, 0.1) is 5.92 Å². The second-order valence-corrected chi connectivity index (χ2v) is 9.88. The summed E-state index contributed by atoms with van der Waals surface area (Å²) >= 11 is 0. The van der Waals surface area contributed by atoms with Crippen molar-refractivity contribution in [1.29, 1.82) is 0 Å². The van der Waals surface area contributed by atoms with Gasteiger partial charge in [-0.25, -0.2) is 8.42 Å². The van der Waals surface area contributed by atoms with Gasteiger partial charge in [0, 0.05) is 18.7 Å². The molecule has 7 nitrogen and oxygen atoms in total. The van der Waals surface area contributed by atoms with Crippen molar-refractivity contribution in [3.8, 4) is 5.75 Å². The first-order chi connectivity index (χ1) is 15.9. The summed E-state index contributed by atoms with van der Waals surface area (Å²) in [6.45, 7) is 0.0982. The fourth-order valence-electron chi connectivity index (χ4n) is 3.93. The number of hydrogen-bond donors (Lipinski definition) is 0. The molecule has 8 heteroatoms. The summed E-state index contributed by atoms with van der Waals surface area (Å²) in [6, 6.07) is 19.3. The molecule has 1 fully saturated rings. The number of methoxy groups -OCH3 is 1. The molecule has 0 radical (unpaired) electrons. The lowest BCUT2D eigenvalue weighted by Gasteiger charge is -2.30. The second kappa shape index (κ2) is 9.72. The summed E-state index contributed by atoms with van der Waals surface area (Å²) in [5, 5.41) is 1.97. The van der Waals surface area contributed by atoms with Gasteiger partial charge in [-0.3, -0.25) is 9.59 Å². The van der Waals surface area contributed by atoms with E-state index < -0.39 is 21.9 Å². The average molecular weight is 468 g/mol. The Morgan fingerprint density at radius 3 is 2.27 bits per heavy atom. The minimum Gasteiger partial charge on any atom is -0.497 e. The van der Waals surface area contributed by atoms with E-state index in [1.54, 1.807) is 24.3 Å². The van der Waals surface area contributed by atoms with Crippen LogP contribution >= 0.6 is 0 Å². The minimum atomic E-state index is -3.64. The van der Waals surface area contributed by atoms with Gasteiger partial charge in [-0.15, -0.1) is 0 Å². The number of benzene rings is 3. The van der Waals surface area contributed by atoms with Crippen molar-refractivity contribution in [2.45, 2.75) is 17.7 Å². The maximum Gasteiger partial charge on any atom is 0.309 e. The molecule has 0 spiro atoms. The number of nitrogens with zero attached hydrogens (tertiary/aromatic N) is 1. The standard InChI is InChI=1S/C25H25NO6S/c1-31-22-8-10-23(11-9-22)33(29,30)26-14-12-19(13-15-26)25(28)32-17-24(27)21-7-6-18-4-2-3-5-20(18)16-21/h2-11,16,19H,12-15,17H2,1H3. The third-order valence-electron chi connectivity index (χ3n) is 5.90. The van der Waals surface area contributed by atoms with E-state index in [4.69, 9.17) is 9.47 Å². The van der Waals surface area contributed by atoms with Gasteiger partial charge in [0.05, 0.1) is 17.9 Å². The molecule has 1 aliphatic heterocycles. The van der Waals surface area contributed by atoms with Crippen LogP contribution in [0.3, 0.4) is 0 Å². The van der Waals surface area contributed by atoms with Gasteiger partial charge in [0.25, 0.3) is 0 Å². The zero-order valence-corrected chi connectivity index (χ0v) is 19.1. The molecule has 0 aromatic heterocycles. The van der Waals surface area contributed by atoms with Crippen LogP contribution in [0.5, 0.6) is 5.75 Å². The molecule has 3 aromatic rings. The highest BCUT2D eigenvalue weighted by Gasteiger charge is 2.33.